The molecule has 122 valence electrons. The number of hydrogen-bond donors (Lipinski definition) is 2. The molecule has 0 atom stereocenters. The average molecular weight is 309 g/mol. The molecule has 0 spiro atoms. The van der Waals surface area contributed by atoms with E-state index < -0.39 is 16.6 Å². The number of benzene rings is 1. The number of unbranched alkanes of at least 4 members (excludes halogenated alkanes) is 1. The summed E-state index contributed by atoms with van der Waals surface area (Å²) in [4.78, 5) is 22.5. The van der Waals surface area contributed by atoms with Crippen LogP contribution < -0.4 is 10.9 Å². The minimum Gasteiger partial charge on any atom is -0.443 e. The SMILES string of the molecule is CCCCc1cccc(NNC(=O)OC(C)(C)C)c1[N+](=O)[O-]. The second-order valence-corrected chi connectivity index (χ2v) is 5.93. The molecular formula is C15H23N3O4. The van der Waals surface area contributed by atoms with Crippen LogP contribution in [-0.4, -0.2) is 16.6 Å². The van der Waals surface area contributed by atoms with Crippen molar-refractivity contribution in [3.63, 3.8) is 0 Å². The van der Waals surface area contributed by atoms with Gasteiger partial charge in [0.15, 0.2) is 0 Å². The van der Waals surface area contributed by atoms with E-state index in [0.29, 0.717) is 12.0 Å². The lowest BCUT2D eigenvalue weighted by atomic mass is 10.1. The number of amides is 1. The van der Waals surface area contributed by atoms with Crippen molar-refractivity contribution in [1.82, 2.24) is 5.43 Å². The molecule has 1 aromatic rings. The number of nitrogens with zero attached hydrogens (tertiary/aromatic N) is 1. The van der Waals surface area contributed by atoms with Gasteiger partial charge >= 0.3 is 6.09 Å². The number of carbonyl (C=O) groups is 1. The van der Waals surface area contributed by atoms with E-state index in [2.05, 4.69) is 10.9 Å². The fraction of sp³-hybridized carbons (Fsp3) is 0.533. The first-order valence-corrected chi connectivity index (χ1v) is 7.26. The van der Waals surface area contributed by atoms with Crippen LogP contribution in [-0.2, 0) is 11.2 Å². The van der Waals surface area contributed by atoms with Gasteiger partial charge in [-0.1, -0.05) is 25.5 Å². The van der Waals surface area contributed by atoms with Crippen LogP contribution in [0.3, 0.4) is 0 Å². The highest BCUT2D eigenvalue weighted by molar-refractivity contribution is 5.73. The zero-order valence-corrected chi connectivity index (χ0v) is 13.4. The van der Waals surface area contributed by atoms with Crippen molar-refractivity contribution in [2.75, 3.05) is 5.43 Å². The Kier molecular flexibility index (Phi) is 6.15. The molecule has 1 rings (SSSR count). The van der Waals surface area contributed by atoms with Crippen LogP contribution in [0.2, 0.25) is 0 Å². The van der Waals surface area contributed by atoms with Gasteiger partial charge in [-0.3, -0.25) is 15.5 Å². The van der Waals surface area contributed by atoms with Crippen LogP contribution in [0.1, 0.15) is 46.1 Å². The van der Waals surface area contributed by atoms with Crippen LogP contribution in [0.5, 0.6) is 0 Å². The summed E-state index contributed by atoms with van der Waals surface area (Å²) in [5.74, 6) is 0. The fourth-order valence-corrected chi connectivity index (χ4v) is 1.90. The Hall–Kier alpha value is -2.31. The number of aryl methyl sites for hydroxylation is 1. The van der Waals surface area contributed by atoms with Gasteiger partial charge in [-0.2, -0.15) is 0 Å². The van der Waals surface area contributed by atoms with E-state index in [9.17, 15) is 14.9 Å². The van der Waals surface area contributed by atoms with Gasteiger partial charge in [0.2, 0.25) is 0 Å². The van der Waals surface area contributed by atoms with E-state index in [4.69, 9.17) is 4.74 Å². The standard InChI is InChI=1S/C15H23N3O4/c1-5-6-8-11-9-7-10-12(13(11)18(20)21)16-17-14(19)22-15(2,3)4/h7,9-10,16H,5-6,8H2,1-4H3,(H,17,19). The van der Waals surface area contributed by atoms with Gasteiger partial charge in [-0.25, -0.2) is 10.2 Å². The number of hydrazine groups is 1. The van der Waals surface area contributed by atoms with Crippen LogP contribution in [0.4, 0.5) is 16.2 Å². The first-order valence-electron chi connectivity index (χ1n) is 7.26. The number of nitro groups is 1. The third-order valence-electron chi connectivity index (χ3n) is 2.80. The van der Waals surface area contributed by atoms with Crippen LogP contribution in [0.15, 0.2) is 18.2 Å². The Balaban J connectivity index is 2.86. The summed E-state index contributed by atoms with van der Waals surface area (Å²) < 4.78 is 5.07. The molecule has 0 fully saturated rings. The number of hydrogen-bond acceptors (Lipinski definition) is 5. The van der Waals surface area contributed by atoms with Crippen molar-refractivity contribution >= 4 is 17.5 Å². The largest absolute Gasteiger partial charge is 0.443 e. The van der Waals surface area contributed by atoms with E-state index in [1.54, 1.807) is 39.0 Å². The average Bonchev–Trinajstić information content (AvgIpc) is 2.40. The van der Waals surface area contributed by atoms with Gasteiger partial charge in [0.25, 0.3) is 5.69 Å². The van der Waals surface area contributed by atoms with Gasteiger partial charge in [-0.05, 0) is 39.7 Å². The molecule has 0 aliphatic rings. The number of nitro benzene ring substituents is 1. The van der Waals surface area contributed by atoms with Gasteiger partial charge in [0.05, 0.1) is 4.92 Å². The highest BCUT2D eigenvalue weighted by Gasteiger charge is 2.21. The molecule has 0 aromatic heterocycles. The number of anilines is 1. The Labute approximate surface area is 130 Å². The molecule has 0 aliphatic heterocycles. The number of nitrogens with one attached hydrogen (secondary N) is 2. The lowest BCUT2D eigenvalue weighted by molar-refractivity contribution is -0.384. The first kappa shape index (κ1) is 17.7. The second kappa shape index (κ2) is 7.63. The summed E-state index contributed by atoms with van der Waals surface area (Å²) >= 11 is 0. The van der Waals surface area contributed by atoms with E-state index in [0.717, 1.165) is 12.8 Å². The highest BCUT2D eigenvalue weighted by atomic mass is 16.6. The maximum atomic E-state index is 11.6. The zero-order chi connectivity index (χ0) is 16.8. The molecule has 0 radical (unpaired) electrons. The minimum absolute atomic E-state index is 0.0213. The molecule has 22 heavy (non-hydrogen) atoms. The predicted octanol–water partition coefficient (Wildman–Crippen LogP) is 3.79. The van der Waals surface area contributed by atoms with E-state index in [-0.39, 0.29) is 11.4 Å². The monoisotopic (exact) mass is 309 g/mol. The number of carbonyl (C=O) groups excluding carboxylic acids is 1. The van der Waals surface area contributed by atoms with Crippen LogP contribution in [0, 0.1) is 10.1 Å². The normalized spacial score (nSPS) is 10.9. The Bertz CT molecular complexity index is 538. The Morgan fingerprint density at radius 2 is 2.05 bits per heavy atom. The van der Waals surface area contributed by atoms with E-state index in [1.165, 1.54) is 0 Å². The topological polar surface area (TPSA) is 93.5 Å². The van der Waals surface area contributed by atoms with Crippen LogP contribution >= 0.6 is 0 Å². The number of rotatable bonds is 6. The summed E-state index contributed by atoms with van der Waals surface area (Å²) in [5.41, 5.74) is 5.11. The molecule has 0 saturated heterocycles. The summed E-state index contributed by atoms with van der Waals surface area (Å²) in [7, 11) is 0. The molecule has 0 unspecified atom stereocenters. The third kappa shape index (κ3) is 5.59. The Morgan fingerprint density at radius 1 is 1.36 bits per heavy atom. The summed E-state index contributed by atoms with van der Waals surface area (Å²) in [6.45, 7) is 7.24. The molecule has 0 aliphatic carbocycles. The number of ether oxygens (including phenoxy) is 1. The molecule has 1 aromatic carbocycles. The van der Waals surface area contributed by atoms with E-state index in [1.807, 2.05) is 6.92 Å². The maximum absolute atomic E-state index is 11.6. The second-order valence-electron chi connectivity index (χ2n) is 5.93. The molecule has 2 N–H and O–H groups in total. The smallest absolute Gasteiger partial charge is 0.426 e. The fourth-order valence-electron chi connectivity index (χ4n) is 1.90. The molecule has 0 saturated carbocycles. The zero-order valence-electron chi connectivity index (χ0n) is 13.4. The third-order valence-corrected chi connectivity index (χ3v) is 2.80. The van der Waals surface area contributed by atoms with Crippen LogP contribution in [0.25, 0.3) is 0 Å². The molecule has 7 nitrogen and oxygen atoms in total. The molecule has 1 amide bonds. The van der Waals surface area contributed by atoms with Gasteiger partial charge < -0.3 is 4.74 Å². The van der Waals surface area contributed by atoms with Crippen molar-refractivity contribution in [2.45, 2.75) is 52.6 Å². The van der Waals surface area contributed by atoms with Crippen molar-refractivity contribution in [3.8, 4) is 0 Å². The van der Waals surface area contributed by atoms with Gasteiger partial charge in [0.1, 0.15) is 11.3 Å². The van der Waals surface area contributed by atoms with Crippen molar-refractivity contribution < 1.29 is 14.5 Å². The van der Waals surface area contributed by atoms with Crippen molar-refractivity contribution in [1.29, 1.82) is 0 Å². The van der Waals surface area contributed by atoms with Crippen molar-refractivity contribution in [2.24, 2.45) is 0 Å². The minimum atomic E-state index is -0.694. The lowest BCUT2D eigenvalue weighted by Crippen LogP contribution is -2.36. The predicted molar refractivity (Wildman–Crippen MR) is 84.7 cm³/mol. The first-order chi connectivity index (χ1) is 10.2. The molecular weight excluding hydrogens is 286 g/mol. The summed E-state index contributed by atoms with van der Waals surface area (Å²) in [5, 5.41) is 11.3. The van der Waals surface area contributed by atoms with E-state index >= 15 is 0 Å². The van der Waals surface area contributed by atoms with Crippen molar-refractivity contribution in [3.05, 3.63) is 33.9 Å². The lowest BCUT2D eigenvalue weighted by Gasteiger charge is -2.20. The number of para-hydroxylation sites is 1. The van der Waals surface area contributed by atoms with Gasteiger partial charge in [-0.15, -0.1) is 0 Å². The van der Waals surface area contributed by atoms with Gasteiger partial charge in [0, 0.05) is 5.56 Å². The summed E-state index contributed by atoms with van der Waals surface area (Å²) in [6, 6.07) is 4.99. The Morgan fingerprint density at radius 3 is 2.59 bits per heavy atom. The highest BCUT2D eigenvalue weighted by Crippen LogP contribution is 2.29. The molecule has 7 heteroatoms. The molecule has 0 heterocycles. The summed E-state index contributed by atoms with van der Waals surface area (Å²) in [6.07, 6.45) is 1.74. The maximum Gasteiger partial charge on any atom is 0.426 e. The molecule has 0 bridgehead atoms. The quantitative estimate of drug-likeness (QED) is 0.616.